The van der Waals surface area contributed by atoms with Crippen molar-refractivity contribution in [2.24, 2.45) is 5.92 Å². The number of aromatic nitrogens is 7. The van der Waals surface area contributed by atoms with Crippen LogP contribution in [0.3, 0.4) is 0 Å². The molecule has 5 aromatic rings. The smallest absolute Gasteiger partial charge is 0.267 e. The highest BCUT2D eigenvalue weighted by Gasteiger charge is 2.27. The minimum Gasteiger partial charge on any atom is -0.497 e. The van der Waals surface area contributed by atoms with Gasteiger partial charge in [-0.2, -0.15) is 0 Å². The summed E-state index contributed by atoms with van der Waals surface area (Å²) < 4.78 is 8.36. The van der Waals surface area contributed by atoms with Crippen LogP contribution in [-0.2, 0) is 16.8 Å². The summed E-state index contributed by atoms with van der Waals surface area (Å²) in [5.74, 6) is 1.39. The molecule has 5 heterocycles. The van der Waals surface area contributed by atoms with Gasteiger partial charge in [0.2, 0.25) is 5.91 Å². The molecular weight excluding hydrogens is 707 g/mol. The van der Waals surface area contributed by atoms with Gasteiger partial charge in [0.25, 0.3) is 11.5 Å². The number of benzene rings is 1. The maximum atomic E-state index is 14.3. The molecule has 284 valence electrons. The monoisotopic (exact) mass is 753 g/mol. The zero-order valence-corrected chi connectivity index (χ0v) is 32.4. The second-order valence-electron chi connectivity index (χ2n) is 14.7. The van der Waals surface area contributed by atoms with Crippen LogP contribution in [0.4, 0.5) is 10.9 Å². The van der Waals surface area contributed by atoms with E-state index in [9.17, 15) is 14.4 Å². The zero-order valence-electron chi connectivity index (χ0n) is 31.6. The fraction of sp³-hybridized carbons (Fsp3) is 0.421. The predicted molar refractivity (Wildman–Crippen MR) is 210 cm³/mol. The van der Waals surface area contributed by atoms with E-state index in [2.05, 4.69) is 56.8 Å². The van der Waals surface area contributed by atoms with Crippen molar-refractivity contribution in [3.63, 3.8) is 0 Å². The maximum absolute atomic E-state index is 14.3. The van der Waals surface area contributed by atoms with Crippen molar-refractivity contribution in [2.45, 2.75) is 52.0 Å². The lowest BCUT2D eigenvalue weighted by molar-refractivity contribution is -0.122. The van der Waals surface area contributed by atoms with Crippen LogP contribution in [0.2, 0.25) is 0 Å². The third-order valence-corrected chi connectivity index (χ3v) is 9.98. The number of pyridine rings is 1. The molecule has 0 radical (unpaired) electrons. The van der Waals surface area contributed by atoms with Crippen molar-refractivity contribution in [3.05, 3.63) is 86.5 Å². The molecule has 15 nitrogen and oxygen atoms in total. The van der Waals surface area contributed by atoms with Crippen molar-refractivity contribution in [1.82, 2.24) is 44.8 Å². The van der Waals surface area contributed by atoms with Gasteiger partial charge < -0.3 is 19.9 Å². The molecule has 2 N–H and O–H groups in total. The van der Waals surface area contributed by atoms with E-state index in [1.807, 2.05) is 48.6 Å². The number of nitrogens with one attached hydrogen (secondary N) is 2. The highest BCUT2D eigenvalue weighted by atomic mass is 32.1. The third-order valence-electron chi connectivity index (χ3n) is 9.22. The molecule has 1 unspecified atom stereocenters. The number of thiazole rings is 1. The summed E-state index contributed by atoms with van der Waals surface area (Å²) >= 11 is 1.37. The number of hydrogen-bond donors (Lipinski definition) is 2. The van der Waals surface area contributed by atoms with E-state index in [0.29, 0.717) is 66.1 Å². The molecule has 0 spiro atoms. The Labute approximate surface area is 318 Å². The van der Waals surface area contributed by atoms with Crippen LogP contribution in [0.1, 0.15) is 73.0 Å². The lowest BCUT2D eigenvalue weighted by Gasteiger charge is -2.34. The van der Waals surface area contributed by atoms with Crippen molar-refractivity contribution in [3.8, 4) is 5.75 Å². The fourth-order valence-corrected chi connectivity index (χ4v) is 7.13. The second-order valence-corrected chi connectivity index (χ2v) is 15.6. The molecule has 16 heteroatoms. The molecule has 1 saturated heterocycles. The largest absolute Gasteiger partial charge is 0.497 e. The number of hydrogen-bond acceptors (Lipinski definition) is 12. The number of carbonyl (C=O) groups is 2. The van der Waals surface area contributed by atoms with Crippen molar-refractivity contribution in [1.29, 1.82) is 0 Å². The third kappa shape index (κ3) is 9.35. The Balaban J connectivity index is 1.31. The van der Waals surface area contributed by atoms with Crippen LogP contribution in [-0.4, -0.2) is 98.7 Å². The minimum atomic E-state index is -0.353. The molecular formula is C38H47N11O4S. The van der Waals surface area contributed by atoms with E-state index >= 15 is 0 Å². The Kier molecular flexibility index (Phi) is 11.8. The van der Waals surface area contributed by atoms with Crippen molar-refractivity contribution >= 4 is 51.9 Å². The van der Waals surface area contributed by atoms with Crippen LogP contribution in [0.5, 0.6) is 5.75 Å². The van der Waals surface area contributed by atoms with Gasteiger partial charge in [-0.15, -0.1) is 16.4 Å². The number of methoxy groups -OCH3 is 1. The lowest BCUT2D eigenvalue weighted by Crippen LogP contribution is -2.40. The average molecular weight is 754 g/mol. The molecule has 1 aliphatic rings. The number of ether oxygens (including phenoxy) is 1. The molecule has 1 fully saturated rings. The van der Waals surface area contributed by atoms with Gasteiger partial charge in [0.15, 0.2) is 11.0 Å². The van der Waals surface area contributed by atoms with Crippen molar-refractivity contribution < 1.29 is 14.3 Å². The predicted octanol–water partition coefficient (Wildman–Crippen LogP) is 4.20. The van der Waals surface area contributed by atoms with Gasteiger partial charge in [-0.1, -0.05) is 32.9 Å². The quantitative estimate of drug-likeness (QED) is 0.177. The van der Waals surface area contributed by atoms with Crippen LogP contribution in [0.15, 0.2) is 52.8 Å². The summed E-state index contributed by atoms with van der Waals surface area (Å²) in [6.45, 7) is 9.14. The molecule has 54 heavy (non-hydrogen) atoms. The number of amides is 2. The fourth-order valence-electron chi connectivity index (χ4n) is 6.20. The van der Waals surface area contributed by atoms with E-state index in [4.69, 9.17) is 9.72 Å². The van der Waals surface area contributed by atoms with Gasteiger partial charge in [0.1, 0.15) is 17.2 Å². The summed E-state index contributed by atoms with van der Waals surface area (Å²) in [7, 11) is 5.56. The molecule has 0 saturated carbocycles. The van der Waals surface area contributed by atoms with Gasteiger partial charge in [0.05, 0.1) is 24.9 Å². The number of likely N-dealkylation sites (N-methyl/N-ethyl adjacent to an activating group) is 1. The molecule has 1 aliphatic heterocycles. The van der Waals surface area contributed by atoms with E-state index in [0.717, 1.165) is 36.4 Å². The van der Waals surface area contributed by atoms with Crippen molar-refractivity contribution in [2.75, 3.05) is 57.6 Å². The summed E-state index contributed by atoms with van der Waals surface area (Å²) in [5, 5.41) is 20.6. The van der Waals surface area contributed by atoms with Gasteiger partial charge in [-0.25, -0.2) is 14.6 Å². The number of nitrogens with zero attached hydrogens (tertiary/aromatic N) is 9. The van der Waals surface area contributed by atoms with Gasteiger partial charge >= 0.3 is 0 Å². The number of piperidine rings is 1. The minimum absolute atomic E-state index is 0.00422. The topological polar surface area (TPSA) is 165 Å². The zero-order chi connectivity index (χ0) is 38.4. The van der Waals surface area contributed by atoms with Gasteiger partial charge in [-0.05, 0) is 85.3 Å². The molecule has 0 aliphatic carbocycles. The molecule has 1 atom stereocenters. The Morgan fingerprint density at radius 2 is 1.91 bits per heavy atom. The Morgan fingerprint density at radius 3 is 2.63 bits per heavy atom. The van der Waals surface area contributed by atoms with E-state index in [1.54, 1.807) is 42.3 Å². The molecule has 6 rings (SSSR count). The molecule has 1 aromatic carbocycles. The number of tetrazole rings is 1. The first-order valence-electron chi connectivity index (χ1n) is 18.0. The first kappa shape index (κ1) is 38.3. The normalized spacial score (nSPS) is 14.9. The lowest BCUT2D eigenvalue weighted by atomic mass is 9.93. The Hall–Kier alpha value is -5.48. The second kappa shape index (κ2) is 16.7. The number of fused-ring (bicyclic) bond motifs is 1. The van der Waals surface area contributed by atoms with Gasteiger partial charge in [-0.3, -0.25) is 24.1 Å². The highest BCUT2D eigenvalue weighted by Crippen LogP contribution is 2.28. The average Bonchev–Trinajstić information content (AvgIpc) is 3.81. The Bertz CT molecular complexity index is 2180. The summed E-state index contributed by atoms with van der Waals surface area (Å²) in [6.07, 6.45) is 7.05. The highest BCUT2D eigenvalue weighted by molar-refractivity contribution is 7.14. The van der Waals surface area contributed by atoms with E-state index in [1.165, 1.54) is 15.7 Å². The number of anilines is 2. The van der Waals surface area contributed by atoms with Crippen LogP contribution >= 0.6 is 11.3 Å². The van der Waals surface area contributed by atoms with Crippen LogP contribution in [0.25, 0.3) is 17.8 Å². The maximum Gasteiger partial charge on any atom is 0.267 e. The number of rotatable bonds is 13. The summed E-state index contributed by atoms with van der Waals surface area (Å²) in [5.41, 5.74) is 2.40. The standard InChI is InChI=1S/C38H47N11O4S/c1-38(2,3)30-24-54-37(40-30)42-35(51)27-15-18-48-32(21-27)41-34(47-17-7-8-26(22-47)20-33(50)39-16-19-46(4)5)29(36(48)52)13-14-31-43-44-45-49(31)23-25-9-11-28(53-6)12-10-25/h9-15,18,21,24,26H,7-8,16-17,19-20,22-23H2,1-6H3,(H,39,50)(H,40,42,51). The summed E-state index contributed by atoms with van der Waals surface area (Å²) in [6, 6.07) is 10.8. The number of carbonyl (C=O) groups excluding carboxylic acids is 2. The van der Waals surface area contributed by atoms with Crippen LogP contribution in [0, 0.1) is 5.92 Å². The molecule has 2 amide bonds. The Morgan fingerprint density at radius 1 is 1.11 bits per heavy atom. The molecule has 0 bridgehead atoms. The van der Waals surface area contributed by atoms with E-state index in [-0.39, 0.29) is 28.7 Å². The van der Waals surface area contributed by atoms with Gasteiger partial charge in [0, 0.05) is 55.2 Å². The van der Waals surface area contributed by atoms with Crippen LogP contribution < -0.4 is 25.8 Å². The first-order chi connectivity index (χ1) is 25.9. The molecule has 4 aromatic heterocycles. The van der Waals surface area contributed by atoms with E-state index < -0.39 is 0 Å². The SMILES string of the molecule is COc1ccc(Cn2nnnc2C=Cc2c(N3CCCC(CC(=O)NCCN(C)C)C3)nc3cc(C(=O)Nc4nc(C(C)(C)C)cs4)ccn3c2=O)cc1. The first-order valence-corrected chi connectivity index (χ1v) is 18.8. The summed E-state index contributed by atoms with van der Waals surface area (Å²) in [4.78, 5) is 54.2.